The van der Waals surface area contributed by atoms with E-state index in [0.29, 0.717) is 13.2 Å². The van der Waals surface area contributed by atoms with Crippen molar-refractivity contribution in [2.24, 2.45) is 11.7 Å². The molecule has 2 heterocycles. The molecular weight excluding hydrogens is 220 g/mol. The van der Waals surface area contributed by atoms with Crippen LogP contribution in [0.2, 0.25) is 0 Å². The molecule has 2 aliphatic heterocycles. The van der Waals surface area contributed by atoms with E-state index in [1.165, 1.54) is 0 Å². The number of rotatable bonds is 4. The van der Waals surface area contributed by atoms with Crippen LogP contribution in [-0.2, 0) is 14.3 Å². The van der Waals surface area contributed by atoms with Crippen LogP contribution in [0.1, 0.15) is 26.2 Å². The molecule has 0 bridgehead atoms. The third kappa shape index (κ3) is 3.18. The monoisotopic (exact) mass is 242 g/mol. The highest BCUT2D eigenvalue weighted by atomic mass is 16.6. The van der Waals surface area contributed by atoms with E-state index in [9.17, 15) is 4.79 Å². The number of amides is 1. The molecule has 0 radical (unpaired) electrons. The topological polar surface area (TPSA) is 73.6 Å². The lowest BCUT2D eigenvalue weighted by molar-refractivity contribution is -0.123. The van der Waals surface area contributed by atoms with Crippen LogP contribution in [0.3, 0.4) is 0 Å². The Balaban J connectivity index is 1.76. The third-order valence-corrected chi connectivity index (χ3v) is 3.76. The summed E-state index contributed by atoms with van der Waals surface area (Å²) in [6.45, 7) is 4.87. The lowest BCUT2D eigenvalue weighted by Gasteiger charge is -2.32. The quantitative estimate of drug-likeness (QED) is 0.730. The number of primary amides is 1. The first-order valence-corrected chi connectivity index (χ1v) is 6.37. The first kappa shape index (κ1) is 12.8. The molecule has 0 aliphatic carbocycles. The number of hydrogen-bond acceptors (Lipinski definition) is 4. The van der Waals surface area contributed by atoms with E-state index in [-0.39, 0.29) is 23.5 Å². The molecule has 3 N–H and O–H groups in total. The number of piperidine rings is 1. The zero-order valence-electron chi connectivity index (χ0n) is 10.4. The highest BCUT2D eigenvalue weighted by Crippen LogP contribution is 2.35. The summed E-state index contributed by atoms with van der Waals surface area (Å²) in [7, 11) is 0. The minimum Gasteiger partial charge on any atom is -0.375 e. The summed E-state index contributed by atoms with van der Waals surface area (Å²) in [5.41, 5.74) is 5.22. The molecule has 1 spiro atoms. The number of carbonyl (C=O) groups is 1. The van der Waals surface area contributed by atoms with Crippen LogP contribution in [-0.4, -0.2) is 43.9 Å². The molecule has 98 valence electrons. The third-order valence-electron chi connectivity index (χ3n) is 3.76. The maximum Gasteiger partial charge on any atom is 0.222 e. The first-order chi connectivity index (χ1) is 8.11. The molecule has 17 heavy (non-hydrogen) atoms. The number of ether oxygens (including phenoxy) is 2. The second-order valence-electron chi connectivity index (χ2n) is 5.21. The molecular formula is C12H22N2O3. The van der Waals surface area contributed by atoms with Crippen molar-refractivity contribution in [3.05, 3.63) is 0 Å². The molecule has 2 unspecified atom stereocenters. The Labute approximate surface area is 102 Å². The SMILES string of the molecule is CC(COC1COC2(CCNCC2)C1)C(N)=O. The van der Waals surface area contributed by atoms with Crippen LogP contribution < -0.4 is 11.1 Å². The predicted octanol–water partition coefficient (Wildman–Crippen LogP) is 0.0355. The highest BCUT2D eigenvalue weighted by molar-refractivity contribution is 5.76. The minimum absolute atomic E-state index is 0.0197. The first-order valence-electron chi connectivity index (χ1n) is 6.37. The fourth-order valence-corrected chi connectivity index (χ4v) is 2.50. The lowest BCUT2D eigenvalue weighted by Crippen LogP contribution is -2.41. The van der Waals surface area contributed by atoms with E-state index >= 15 is 0 Å². The van der Waals surface area contributed by atoms with Gasteiger partial charge in [0.15, 0.2) is 0 Å². The average molecular weight is 242 g/mol. The summed E-state index contributed by atoms with van der Waals surface area (Å²) in [5.74, 6) is -0.528. The Bertz CT molecular complexity index is 277. The van der Waals surface area contributed by atoms with Crippen LogP contribution in [0.5, 0.6) is 0 Å². The normalized spacial score (nSPS) is 29.4. The largest absolute Gasteiger partial charge is 0.375 e. The molecule has 2 fully saturated rings. The Morgan fingerprint density at radius 2 is 2.29 bits per heavy atom. The molecule has 0 aromatic carbocycles. The second-order valence-corrected chi connectivity index (χ2v) is 5.21. The van der Waals surface area contributed by atoms with E-state index in [0.717, 1.165) is 32.4 Å². The van der Waals surface area contributed by atoms with Gasteiger partial charge in [-0.15, -0.1) is 0 Å². The molecule has 2 saturated heterocycles. The number of nitrogens with one attached hydrogen (secondary N) is 1. The predicted molar refractivity (Wildman–Crippen MR) is 63.5 cm³/mol. The Kier molecular flexibility index (Phi) is 4.01. The molecule has 5 heteroatoms. The van der Waals surface area contributed by atoms with Crippen LogP contribution in [0.25, 0.3) is 0 Å². The van der Waals surface area contributed by atoms with Crippen molar-refractivity contribution >= 4 is 5.91 Å². The van der Waals surface area contributed by atoms with Gasteiger partial charge in [0, 0.05) is 6.42 Å². The van der Waals surface area contributed by atoms with Gasteiger partial charge in [-0.3, -0.25) is 4.79 Å². The number of carbonyl (C=O) groups excluding carboxylic acids is 1. The molecule has 5 nitrogen and oxygen atoms in total. The Morgan fingerprint density at radius 3 is 2.94 bits per heavy atom. The van der Waals surface area contributed by atoms with E-state index in [2.05, 4.69) is 5.32 Å². The lowest BCUT2D eigenvalue weighted by atomic mass is 9.89. The van der Waals surface area contributed by atoms with Gasteiger partial charge in [0.1, 0.15) is 0 Å². The van der Waals surface area contributed by atoms with Crippen molar-refractivity contribution in [1.82, 2.24) is 5.32 Å². The molecule has 0 aromatic heterocycles. The van der Waals surface area contributed by atoms with Gasteiger partial charge in [-0.05, 0) is 25.9 Å². The average Bonchev–Trinajstić information content (AvgIpc) is 2.70. The van der Waals surface area contributed by atoms with Crippen molar-refractivity contribution in [3.8, 4) is 0 Å². The van der Waals surface area contributed by atoms with Crippen molar-refractivity contribution in [2.45, 2.75) is 37.9 Å². The summed E-state index contributed by atoms with van der Waals surface area (Å²) in [6, 6.07) is 0. The van der Waals surface area contributed by atoms with Crippen LogP contribution in [0, 0.1) is 5.92 Å². The van der Waals surface area contributed by atoms with E-state index in [1.54, 1.807) is 6.92 Å². The van der Waals surface area contributed by atoms with Crippen molar-refractivity contribution in [2.75, 3.05) is 26.3 Å². The van der Waals surface area contributed by atoms with Gasteiger partial charge >= 0.3 is 0 Å². The maximum atomic E-state index is 10.9. The number of hydrogen-bond donors (Lipinski definition) is 2. The van der Waals surface area contributed by atoms with Crippen molar-refractivity contribution in [3.63, 3.8) is 0 Å². The smallest absolute Gasteiger partial charge is 0.222 e. The zero-order chi connectivity index (χ0) is 12.3. The standard InChI is InChI=1S/C12H22N2O3/c1-9(11(13)15)7-16-10-6-12(17-8-10)2-4-14-5-3-12/h9-10,14H,2-8H2,1H3,(H2,13,15). The summed E-state index contributed by atoms with van der Waals surface area (Å²) in [5, 5.41) is 3.33. The summed E-state index contributed by atoms with van der Waals surface area (Å²) in [6.07, 6.45) is 3.17. The molecule has 1 amide bonds. The minimum atomic E-state index is -0.305. The molecule has 2 aliphatic rings. The Hall–Kier alpha value is -0.650. The van der Waals surface area contributed by atoms with Crippen LogP contribution in [0.4, 0.5) is 0 Å². The summed E-state index contributed by atoms with van der Waals surface area (Å²) < 4.78 is 11.6. The van der Waals surface area contributed by atoms with E-state index < -0.39 is 0 Å². The van der Waals surface area contributed by atoms with E-state index in [4.69, 9.17) is 15.2 Å². The fraction of sp³-hybridized carbons (Fsp3) is 0.917. The van der Waals surface area contributed by atoms with Gasteiger partial charge in [0.05, 0.1) is 30.8 Å². The second kappa shape index (κ2) is 5.33. The van der Waals surface area contributed by atoms with Crippen LogP contribution in [0.15, 0.2) is 0 Å². The van der Waals surface area contributed by atoms with Crippen LogP contribution >= 0.6 is 0 Å². The molecule has 2 rings (SSSR count). The number of nitrogens with two attached hydrogens (primary N) is 1. The summed E-state index contributed by atoms with van der Waals surface area (Å²) in [4.78, 5) is 10.9. The van der Waals surface area contributed by atoms with Gasteiger partial charge in [-0.25, -0.2) is 0 Å². The van der Waals surface area contributed by atoms with Gasteiger partial charge in [-0.2, -0.15) is 0 Å². The van der Waals surface area contributed by atoms with Gasteiger partial charge in [-0.1, -0.05) is 6.92 Å². The zero-order valence-corrected chi connectivity index (χ0v) is 10.4. The van der Waals surface area contributed by atoms with Crippen molar-refractivity contribution < 1.29 is 14.3 Å². The van der Waals surface area contributed by atoms with Gasteiger partial charge < -0.3 is 20.5 Å². The maximum absolute atomic E-state index is 10.9. The van der Waals surface area contributed by atoms with E-state index in [1.807, 2.05) is 0 Å². The molecule has 0 saturated carbocycles. The van der Waals surface area contributed by atoms with Gasteiger partial charge in [0.25, 0.3) is 0 Å². The Morgan fingerprint density at radius 1 is 1.59 bits per heavy atom. The molecule has 2 atom stereocenters. The fourth-order valence-electron chi connectivity index (χ4n) is 2.50. The highest BCUT2D eigenvalue weighted by Gasteiger charge is 2.41. The molecule has 0 aromatic rings. The van der Waals surface area contributed by atoms with Crippen molar-refractivity contribution in [1.29, 1.82) is 0 Å². The van der Waals surface area contributed by atoms with Gasteiger partial charge in [0.2, 0.25) is 5.91 Å². The summed E-state index contributed by atoms with van der Waals surface area (Å²) >= 11 is 0.